The van der Waals surface area contributed by atoms with Crippen molar-refractivity contribution in [1.82, 2.24) is 9.97 Å². The number of rotatable bonds is 1. The van der Waals surface area contributed by atoms with Crippen LogP contribution >= 0.6 is 11.3 Å². The van der Waals surface area contributed by atoms with Crippen LogP contribution in [0.3, 0.4) is 0 Å². The first-order valence-electron chi connectivity index (χ1n) is 6.16. The Kier molecular flexibility index (Phi) is 2.57. The van der Waals surface area contributed by atoms with Crippen LogP contribution in [0.25, 0.3) is 10.2 Å². The minimum absolute atomic E-state index is 0.601. The van der Waals surface area contributed by atoms with Crippen molar-refractivity contribution in [2.24, 2.45) is 0 Å². The fraction of sp³-hybridized carbons (Fsp3) is 0.538. The van der Waals surface area contributed by atoms with Gasteiger partial charge in [-0.15, -0.1) is 11.3 Å². The van der Waals surface area contributed by atoms with Crippen LogP contribution in [0.1, 0.15) is 23.8 Å². The second kappa shape index (κ2) is 3.90. The molecule has 1 aliphatic heterocycles. The van der Waals surface area contributed by atoms with Gasteiger partial charge in [0.05, 0.1) is 11.0 Å². The van der Waals surface area contributed by atoms with Crippen molar-refractivity contribution < 1.29 is 5.11 Å². The van der Waals surface area contributed by atoms with Crippen LogP contribution in [0.2, 0.25) is 0 Å². The Morgan fingerprint density at radius 1 is 1.39 bits per heavy atom. The molecule has 0 amide bonds. The lowest BCUT2D eigenvalue weighted by Crippen LogP contribution is -2.30. The molecule has 18 heavy (non-hydrogen) atoms. The van der Waals surface area contributed by atoms with Gasteiger partial charge in [-0.1, -0.05) is 0 Å². The van der Waals surface area contributed by atoms with E-state index in [1.165, 1.54) is 10.4 Å². The number of anilines is 1. The van der Waals surface area contributed by atoms with E-state index in [-0.39, 0.29) is 0 Å². The normalized spacial score (nSPS) is 24.1. The number of aliphatic hydroxyl groups is 1. The van der Waals surface area contributed by atoms with Gasteiger partial charge >= 0.3 is 0 Å². The molecule has 0 radical (unpaired) electrons. The number of aryl methyl sites for hydroxylation is 2. The molecule has 3 rings (SSSR count). The van der Waals surface area contributed by atoms with E-state index < -0.39 is 5.60 Å². The first-order valence-corrected chi connectivity index (χ1v) is 6.98. The van der Waals surface area contributed by atoms with Gasteiger partial charge in [-0.2, -0.15) is 0 Å². The molecule has 5 heteroatoms. The summed E-state index contributed by atoms with van der Waals surface area (Å²) in [6.07, 6.45) is 2.42. The molecule has 0 spiro atoms. The van der Waals surface area contributed by atoms with Gasteiger partial charge in [-0.05, 0) is 32.8 Å². The van der Waals surface area contributed by atoms with Crippen LogP contribution in [-0.4, -0.2) is 33.8 Å². The number of β-amino-alcohol motifs (C(OH)–C–C–N with tert-alkyl or cyclic N) is 1. The highest BCUT2D eigenvalue weighted by Crippen LogP contribution is 2.36. The van der Waals surface area contributed by atoms with Gasteiger partial charge < -0.3 is 10.0 Å². The summed E-state index contributed by atoms with van der Waals surface area (Å²) in [7, 11) is 0. The van der Waals surface area contributed by atoms with Crippen molar-refractivity contribution >= 4 is 27.4 Å². The van der Waals surface area contributed by atoms with Crippen LogP contribution in [0.4, 0.5) is 5.82 Å². The molecule has 1 saturated heterocycles. The van der Waals surface area contributed by atoms with Gasteiger partial charge in [0.25, 0.3) is 0 Å². The number of aromatic nitrogens is 2. The molecule has 1 N–H and O–H groups in total. The molecule has 2 aromatic rings. The summed E-state index contributed by atoms with van der Waals surface area (Å²) < 4.78 is 0. The van der Waals surface area contributed by atoms with Gasteiger partial charge in [0.15, 0.2) is 0 Å². The maximum absolute atomic E-state index is 10.1. The number of hydrogen-bond acceptors (Lipinski definition) is 5. The Morgan fingerprint density at radius 2 is 2.17 bits per heavy atom. The summed E-state index contributed by atoms with van der Waals surface area (Å²) in [4.78, 5) is 13.3. The Balaban J connectivity index is 2.12. The lowest BCUT2D eigenvalue weighted by atomic mass is 10.1. The van der Waals surface area contributed by atoms with Crippen LogP contribution < -0.4 is 4.90 Å². The molecule has 1 aliphatic rings. The summed E-state index contributed by atoms with van der Waals surface area (Å²) in [6, 6.07) is 0. The van der Waals surface area contributed by atoms with E-state index in [1.54, 1.807) is 17.7 Å². The predicted molar refractivity (Wildman–Crippen MR) is 74.3 cm³/mol. The maximum Gasteiger partial charge on any atom is 0.141 e. The van der Waals surface area contributed by atoms with Crippen molar-refractivity contribution in [3.8, 4) is 0 Å². The van der Waals surface area contributed by atoms with Crippen molar-refractivity contribution in [3.05, 3.63) is 16.8 Å². The summed E-state index contributed by atoms with van der Waals surface area (Å²) in [5.41, 5.74) is 0.660. The second-order valence-corrected chi connectivity index (χ2v) is 6.53. The van der Waals surface area contributed by atoms with Crippen molar-refractivity contribution in [3.63, 3.8) is 0 Å². The van der Waals surface area contributed by atoms with E-state index in [1.807, 2.05) is 6.92 Å². The van der Waals surface area contributed by atoms with E-state index in [2.05, 4.69) is 28.7 Å². The predicted octanol–water partition coefficient (Wildman–Crippen LogP) is 2.27. The summed E-state index contributed by atoms with van der Waals surface area (Å²) in [5.74, 6) is 0.972. The average Bonchev–Trinajstić information content (AvgIpc) is 2.81. The largest absolute Gasteiger partial charge is 0.388 e. The molecule has 1 fully saturated rings. The molecule has 3 heterocycles. The average molecular weight is 263 g/mol. The minimum Gasteiger partial charge on any atom is -0.388 e. The van der Waals surface area contributed by atoms with Crippen molar-refractivity contribution in [2.45, 2.75) is 32.8 Å². The van der Waals surface area contributed by atoms with Crippen LogP contribution in [-0.2, 0) is 0 Å². The highest BCUT2D eigenvalue weighted by atomic mass is 32.1. The first kappa shape index (κ1) is 11.9. The van der Waals surface area contributed by atoms with Gasteiger partial charge in [0.1, 0.15) is 17.0 Å². The number of thiophene rings is 1. The Bertz CT molecular complexity index is 606. The van der Waals surface area contributed by atoms with Crippen LogP contribution in [0, 0.1) is 13.8 Å². The summed E-state index contributed by atoms with van der Waals surface area (Å²) >= 11 is 1.71. The second-order valence-electron chi connectivity index (χ2n) is 5.33. The van der Waals surface area contributed by atoms with Gasteiger partial charge in [-0.3, -0.25) is 0 Å². The van der Waals surface area contributed by atoms with Gasteiger partial charge in [0, 0.05) is 18.0 Å². The lowest BCUT2D eigenvalue weighted by molar-refractivity contribution is 0.0839. The van der Waals surface area contributed by atoms with Gasteiger partial charge in [-0.25, -0.2) is 9.97 Å². The third kappa shape index (κ3) is 1.78. The molecule has 1 unspecified atom stereocenters. The fourth-order valence-corrected chi connectivity index (χ4v) is 3.52. The van der Waals surface area contributed by atoms with E-state index in [9.17, 15) is 5.11 Å². The van der Waals surface area contributed by atoms with Crippen LogP contribution in [0.15, 0.2) is 6.33 Å². The smallest absolute Gasteiger partial charge is 0.141 e. The van der Waals surface area contributed by atoms with E-state index in [4.69, 9.17) is 0 Å². The zero-order valence-electron chi connectivity index (χ0n) is 10.9. The number of fused-ring (bicyclic) bond motifs is 1. The SMILES string of the molecule is Cc1sc2ncnc(N3CCC(C)(O)C3)c2c1C. The Hall–Kier alpha value is -1.20. The number of nitrogens with zero attached hydrogens (tertiary/aromatic N) is 3. The lowest BCUT2D eigenvalue weighted by Gasteiger charge is -2.20. The monoisotopic (exact) mass is 263 g/mol. The van der Waals surface area contributed by atoms with Crippen molar-refractivity contribution in [1.29, 1.82) is 0 Å². The molecule has 0 aromatic carbocycles. The molecule has 0 aliphatic carbocycles. The van der Waals surface area contributed by atoms with E-state index in [0.717, 1.165) is 29.0 Å². The zero-order chi connectivity index (χ0) is 12.9. The van der Waals surface area contributed by atoms with E-state index in [0.29, 0.717) is 6.54 Å². The van der Waals surface area contributed by atoms with Gasteiger partial charge in [0.2, 0.25) is 0 Å². The Labute approximate surface area is 110 Å². The molecule has 2 aromatic heterocycles. The highest BCUT2D eigenvalue weighted by molar-refractivity contribution is 7.18. The summed E-state index contributed by atoms with van der Waals surface area (Å²) in [6.45, 7) is 7.62. The third-order valence-electron chi connectivity index (χ3n) is 3.70. The quantitative estimate of drug-likeness (QED) is 0.857. The van der Waals surface area contributed by atoms with Crippen LogP contribution in [0.5, 0.6) is 0 Å². The number of hydrogen-bond donors (Lipinski definition) is 1. The molecule has 96 valence electrons. The fourth-order valence-electron chi connectivity index (χ4n) is 2.53. The minimum atomic E-state index is -0.601. The molecule has 1 atom stereocenters. The molecular formula is C13H17N3OS. The zero-order valence-corrected chi connectivity index (χ0v) is 11.7. The molecule has 4 nitrogen and oxygen atoms in total. The molecule has 0 saturated carbocycles. The highest BCUT2D eigenvalue weighted by Gasteiger charge is 2.33. The topological polar surface area (TPSA) is 49.2 Å². The standard InChI is InChI=1S/C13H17N3OS/c1-8-9(2)18-12-10(8)11(14-7-15-12)16-5-4-13(3,17)6-16/h7,17H,4-6H2,1-3H3. The first-order chi connectivity index (χ1) is 8.48. The maximum atomic E-state index is 10.1. The third-order valence-corrected chi connectivity index (χ3v) is 4.81. The van der Waals surface area contributed by atoms with E-state index >= 15 is 0 Å². The molecule has 0 bridgehead atoms. The van der Waals surface area contributed by atoms with Crippen molar-refractivity contribution in [2.75, 3.05) is 18.0 Å². The summed E-state index contributed by atoms with van der Waals surface area (Å²) in [5, 5.41) is 11.2. The molecular weight excluding hydrogens is 246 g/mol. The Morgan fingerprint density at radius 3 is 2.83 bits per heavy atom.